The Hall–Kier alpha value is -2.70. The maximum absolute atomic E-state index is 13.9. The summed E-state index contributed by atoms with van der Waals surface area (Å²) in [4.78, 5) is 16.0. The van der Waals surface area contributed by atoms with Gasteiger partial charge in [-0.2, -0.15) is 0 Å². The Kier molecular flexibility index (Phi) is 4.44. The highest BCUT2D eigenvalue weighted by Gasteiger charge is 2.11. The van der Waals surface area contributed by atoms with Crippen LogP contribution in [0.15, 0.2) is 60.1 Å². The van der Waals surface area contributed by atoms with E-state index >= 15 is 0 Å². The summed E-state index contributed by atoms with van der Waals surface area (Å²) in [5, 5.41) is 1.13. The lowest BCUT2D eigenvalue weighted by Gasteiger charge is -2.10. The van der Waals surface area contributed by atoms with Crippen LogP contribution in [0.3, 0.4) is 0 Å². The molecule has 26 heavy (non-hydrogen) atoms. The molecule has 2 aromatic carbocycles. The Labute approximate surface area is 157 Å². The van der Waals surface area contributed by atoms with Gasteiger partial charge in [0, 0.05) is 15.6 Å². The molecule has 4 aromatic rings. The van der Waals surface area contributed by atoms with Crippen molar-refractivity contribution in [3.05, 3.63) is 82.0 Å². The monoisotopic (exact) mass is 387 g/mol. The van der Waals surface area contributed by atoms with E-state index in [4.69, 9.17) is 23.2 Å². The fourth-order valence-corrected chi connectivity index (χ4v) is 3.14. The maximum Gasteiger partial charge on any atom is 0.181 e. The first kappa shape index (κ1) is 16.8. The lowest BCUT2D eigenvalue weighted by Crippen LogP contribution is -2.15. The van der Waals surface area contributed by atoms with Crippen LogP contribution in [0.1, 0.15) is 5.56 Å². The number of aromatic amines is 1. The molecule has 0 radical (unpaired) electrons. The van der Waals surface area contributed by atoms with Crippen LogP contribution >= 0.6 is 23.2 Å². The fraction of sp³-hybridized carbons (Fsp3) is 0.0556. The number of nitrogens with zero attached hydrogens (tertiary/aromatic N) is 4. The maximum atomic E-state index is 13.9. The second-order valence-electron chi connectivity index (χ2n) is 5.56. The van der Waals surface area contributed by atoms with Crippen molar-refractivity contribution in [1.82, 2.24) is 19.5 Å². The highest BCUT2D eigenvalue weighted by molar-refractivity contribution is 6.36. The minimum Gasteiger partial charge on any atom is -0.340 e. The third-order valence-corrected chi connectivity index (χ3v) is 4.61. The number of rotatable bonds is 3. The third kappa shape index (κ3) is 3.09. The molecule has 0 spiro atoms. The molecule has 2 heterocycles. The molecule has 0 bridgehead atoms. The topological polar surface area (TPSA) is 58.9 Å². The highest BCUT2D eigenvalue weighted by atomic mass is 35.5. The highest BCUT2D eigenvalue weighted by Crippen LogP contribution is 2.25. The number of aromatic nitrogens is 4. The van der Waals surface area contributed by atoms with Gasteiger partial charge < -0.3 is 9.55 Å². The van der Waals surface area contributed by atoms with Crippen molar-refractivity contribution >= 4 is 40.1 Å². The lowest BCUT2D eigenvalue weighted by atomic mass is 10.2. The molecular weight excluding hydrogens is 376 g/mol. The molecule has 0 aliphatic rings. The number of hydrogen-bond donors (Lipinski definition) is 1. The van der Waals surface area contributed by atoms with Crippen LogP contribution in [0.4, 0.5) is 10.1 Å². The SMILES string of the molecule is Fc1ccccc1N=c1ncn(Cc2c(Cl)cccc2Cl)c2nc[nH]c12. The van der Waals surface area contributed by atoms with E-state index in [0.29, 0.717) is 33.2 Å². The molecule has 0 amide bonds. The number of imidazole rings is 1. The van der Waals surface area contributed by atoms with Crippen LogP contribution in [0.5, 0.6) is 0 Å². The predicted molar refractivity (Wildman–Crippen MR) is 99.1 cm³/mol. The largest absolute Gasteiger partial charge is 0.340 e. The standard InChI is InChI=1S/C18H12Cl2FN5/c19-12-4-3-5-13(20)11(12)8-26-10-24-17(16-18(26)23-9-22-16)25-15-7-2-1-6-14(15)21/h1-7,9-10H,8H2,(H,22,23). The summed E-state index contributed by atoms with van der Waals surface area (Å²) >= 11 is 12.5. The van der Waals surface area contributed by atoms with Gasteiger partial charge in [0.25, 0.3) is 0 Å². The second kappa shape index (κ2) is 6.90. The van der Waals surface area contributed by atoms with Gasteiger partial charge in [-0.05, 0) is 24.3 Å². The van der Waals surface area contributed by atoms with Crippen molar-refractivity contribution in [1.29, 1.82) is 0 Å². The first-order valence-electron chi connectivity index (χ1n) is 7.74. The van der Waals surface area contributed by atoms with Crippen molar-refractivity contribution < 1.29 is 4.39 Å². The van der Waals surface area contributed by atoms with Gasteiger partial charge in [-0.1, -0.05) is 41.4 Å². The van der Waals surface area contributed by atoms with E-state index in [1.165, 1.54) is 12.4 Å². The van der Waals surface area contributed by atoms with E-state index in [-0.39, 0.29) is 5.69 Å². The van der Waals surface area contributed by atoms with Gasteiger partial charge in [0.1, 0.15) is 17.0 Å². The molecule has 0 fully saturated rings. The van der Waals surface area contributed by atoms with Crippen LogP contribution in [0, 0.1) is 5.82 Å². The van der Waals surface area contributed by atoms with Gasteiger partial charge in [-0.3, -0.25) is 0 Å². The summed E-state index contributed by atoms with van der Waals surface area (Å²) < 4.78 is 15.7. The van der Waals surface area contributed by atoms with Crippen molar-refractivity contribution in [2.45, 2.75) is 6.54 Å². The van der Waals surface area contributed by atoms with Gasteiger partial charge in [0.05, 0.1) is 19.2 Å². The number of halogens is 3. The van der Waals surface area contributed by atoms with E-state index in [1.807, 2.05) is 0 Å². The summed E-state index contributed by atoms with van der Waals surface area (Å²) in [7, 11) is 0. The van der Waals surface area contributed by atoms with Gasteiger partial charge >= 0.3 is 0 Å². The molecule has 0 saturated carbocycles. The Bertz CT molecular complexity index is 1150. The average molecular weight is 388 g/mol. The molecule has 8 heteroatoms. The Morgan fingerprint density at radius 3 is 2.58 bits per heavy atom. The van der Waals surface area contributed by atoms with Crippen molar-refractivity contribution in [2.24, 2.45) is 4.99 Å². The Balaban J connectivity index is 1.84. The number of nitrogens with one attached hydrogen (secondary N) is 1. The molecule has 0 atom stereocenters. The quantitative estimate of drug-likeness (QED) is 0.562. The normalized spacial score (nSPS) is 12.0. The molecule has 4 rings (SSSR count). The summed E-state index contributed by atoms with van der Waals surface area (Å²) in [6, 6.07) is 11.6. The molecule has 0 unspecified atom stereocenters. The molecule has 1 N–H and O–H groups in total. The summed E-state index contributed by atoms with van der Waals surface area (Å²) in [6.07, 6.45) is 3.12. The summed E-state index contributed by atoms with van der Waals surface area (Å²) in [6.45, 7) is 0.396. The van der Waals surface area contributed by atoms with Gasteiger partial charge in [0.2, 0.25) is 0 Å². The van der Waals surface area contributed by atoms with Crippen LogP contribution in [0.25, 0.3) is 11.2 Å². The van der Waals surface area contributed by atoms with Gasteiger partial charge in [-0.15, -0.1) is 0 Å². The molecule has 2 aromatic heterocycles. The van der Waals surface area contributed by atoms with E-state index in [2.05, 4.69) is 19.9 Å². The number of para-hydroxylation sites is 1. The molecular formula is C18H12Cl2FN5. The zero-order chi connectivity index (χ0) is 18.1. The van der Waals surface area contributed by atoms with Crippen LogP contribution < -0.4 is 5.49 Å². The zero-order valence-electron chi connectivity index (χ0n) is 13.3. The van der Waals surface area contributed by atoms with Crippen LogP contribution in [-0.2, 0) is 6.54 Å². The number of H-pyrrole nitrogens is 1. The molecule has 5 nitrogen and oxygen atoms in total. The van der Waals surface area contributed by atoms with E-state index in [0.717, 1.165) is 5.56 Å². The minimum atomic E-state index is -0.415. The summed E-state index contributed by atoms with van der Waals surface area (Å²) in [5.41, 5.74) is 2.54. The molecule has 0 aliphatic heterocycles. The second-order valence-corrected chi connectivity index (χ2v) is 6.38. The molecule has 0 aliphatic carbocycles. The first-order chi connectivity index (χ1) is 12.6. The molecule has 130 valence electrons. The lowest BCUT2D eigenvalue weighted by molar-refractivity contribution is 0.629. The van der Waals surface area contributed by atoms with Crippen molar-refractivity contribution in [2.75, 3.05) is 0 Å². The minimum absolute atomic E-state index is 0.211. The number of hydrogen-bond acceptors (Lipinski definition) is 3. The molecule has 0 saturated heterocycles. The number of fused-ring (bicyclic) bond motifs is 1. The van der Waals surface area contributed by atoms with Gasteiger partial charge in [0.15, 0.2) is 11.1 Å². The van der Waals surface area contributed by atoms with E-state index in [1.54, 1.807) is 47.3 Å². The summed E-state index contributed by atoms with van der Waals surface area (Å²) in [5.74, 6) is -0.415. The van der Waals surface area contributed by atoms with Crippen molar-refractivity contribution in [3.63, 3.8) is 0 Å². The predicted octanol–water partition coefficient (Wildman–Crippen LogP) is 4.49. The third-order valence-electron chi connectivity index (χ3n) is 3.90. The van der Waals surface area contributed by atoms with Crippen LogP contribution in [-0.4, -0.2) is 19.5 Å². The van der Waals surface area contributed by atoms with Gasteiger partial charge in [-0.25, -0.2) is 19.4 Å². The zero-order valence-corrected chi connectivity index (χ0v) is 14.8. The Morgan fingerprint density at radius 2 is 1.81 bits per heavy atom. The average Bonchev–Trinajstić information content (AvgIpc) is 3.12. The first-order valence-corrected chi connectivity index (χ1v) is 8.50. The number of benzene rings is 2. The Morgan fingerprint density at radius 1 is 1.04 bits per heavy atom. The van der Waals surface area contributed by atoms with Crippen molar-refractivity contribution in [3.8, 4) is 0 Å². The van der Waals surface area contributed by atoms with E-state index < -0.39 is 5.82 Å². The fourth-order valence-electron chi connectivity index (χ4n) is 2.62. The van der Waals surface area contributed by atoms with Crippen LogP contribution in [0.2, 0.25) is 10.0 Å². The smallest absolute Gasteiger partial charge is 0.181 e. The van der Waals surface area contributed by atoms with E-state index in [9.17, 15) is 4.39 Å².